The lowest BCUT2D eigenvalue weighted by Gasteiger charge is -2.00. The largest absolute Gasteiger partial charge is 0.369 e. The number of H-pyrrole nitrogens is 1. The fraction of sp³-hybridized carbons (Fsp3) is 0.111. The van der Waals surface area contributed by atoms with E-state index in [0.717, 1.165) is 4.57 Å². The predicted molar refractivity (Wildman–Crippen MR) is 58.0 cm³/mol. The van der Waals surface area contributed by atoms with Crippen LogP contribution in [0.15, 0.2) is 23.3 Å². The minimum absolute atomic E-state index is 0.0366. The molecule has 2 aromatic heterocycles. The third kappa shape index (κ3) is 1.38. The van der Waals surface area contributed by atoms with Crippen molar-refractivity contribution in [2.24, 2.45) is 0 Å². The summed E-state index contributed by atoms with van der Waals surface area (Å²) in [6.07, 6.45) is 1.23. The highest BCUT2D eigenvalue weighted by Crippen LogP contribution is 2.07. The number of aromatic nitrogens is 4. The third-order valence-electron chi connectivity index (χ3n) is 2.02. The number of allylic oxidation sites excluding steroid dienone is 1. The fourth-order valence-corrected chi connectivity index (χ4v) is 1.31. The standard InChI is InChI=1S/C9H9N5O2/c1-4(2)8(16)14-3-11-6-5(14)7(15)13-9(10)12-6/h3H,1H2,2H3,(H3,10,12,13,15). The first-order chi connectivity index (χ1) is 7.50. The van der Waals surface area contributed by atoms with Gasteiger partial charge in [-0.25, -0.2) is 4.98 Å². The summed E-state index contributed by atoms with van der Waals surface area (Å²) in [6, 6.07) is 0. The fourth-order valence-electron chi connectivity index (χ4n) is 1.31. The number of aromatic amines is 1. The van der Waals surface area contributed by atoms with Crippen molar-refractivity contribution in [3.8, 4) is 0 Å². The van der Waals surface area contributed by atoms with Crippen molar-refractivity contribution in [3.63, 3.8) is 0 Å². The molecule has 0 radical (unpaired) electrons. The molecule has 0 saturated heterocycles. The molecular weight excluding hydrogens is 210 g/mol. The molecular formula is C9H9N5O2. The van der Waals surface area contributed by atoms with Gasteiger partial charge in [-0.15, -0.1) is 0 Å². The predicted octanol–water partition coefficient (Wildman–Crippen LogP) is -0.0819. The summed E-state index contributed by atoms with van der Waals surface area (Å²) in [4.78, 5) is 33.2. The summed E-state index contributed by atoms with van der Waals surface area (Å²) < 4.78 is 1.10. The van der Waals surface area contributed by atoms with E-state index in [0.29, 0.717) is 5.57 Å². The summed E-state index contributed by atoms with van der Waals surface area (Å²) in [7, 11) is 0. The molecule has 0 atom stereocenters. The van der Waals surface area contributed by atoms with Gasteiger partial charge in [0.05, 0.1) is 0 Å². The summed E-state index contributed by atoms with van der Waals surface area (Å²) in [5.41, 5.74) is 5.35. The van der Waals surface area contributed by atoms with E-state index in [4.69, 9.17) is 5.73 Å². The van der Waals surface area contributed by atoms with Gasteiger partial charge in [0.2, 0.25) is 5.95 Å². The van der Waals surface area contributed by atoms with Crippen molar-refractivity contribution in [1.29, 1.82) is 0 Å². The first kappa shape index (κ1) is 10.1. The number of hydrogen-bond donors (Lipinski definition) is 2. The molecule has 2 rings (SSSR count). The molecule has 0 aliphatic carbocycles. The Morgan fingerprint density at radius 3 is 2.94 bits per heavy atom. The minimum Gasteiger partial charge on any atom is -0.369 e. The van der Waals surface area contributed by atoms with Gasteiger partial charge in [-0.2, -0.15) is 4.98 Å². The molecule has 0 aliphatic rings. The average Bonchev–Trinajstić information content (AvgIpc) is 2.59. The van der Waals surface area contributed by atoms with Crippen molar-refractivity contribution in [2.75, 3.05) is 5.73 Å². The average molecular weight is 219 g/mol. The smallest absolute Gasteiger partial charge is 0.279 e. The molecule has 0 saturated carbocycles. The molecule has 0 aliphatic heterocycles. The first-order valence-corrected chi connectivity index (χ1v) is 4.43. The van der Waals surface area contributed by atoms with E-state index < -0.39 is 11.5 Å². The lowest BCUT2D eigenvalue weighted by Crippen LogP contribution is -2.18. The highest BCUT2D eigenvalue weighted by Gasteiger charge is 2.14. The molecule has 7 nitrogen and oxygen atoms in total. The van der Waals surface area contributed by atoms with Crippen LogP contribution < -0.4 is 11.3 Å². The van der Waals surface area contributed by atoms with Crippen LogP contribution in [0.25, 0.3) is 11.2 Å². The summed E-state index contributed by atoms with van der Waals surface area (Å²) in [5, 5.41) is 0. The maximum absolute atomic E-state index is 11.7. The number of imidazole rings is 1. The highest BCUT2D eigenvalue weighted by atomic mass is 16.2. The van der Waals surface area contributed by atoms with Crippen LogP contribution in [0.5, 0.6) is 0 Å². The molecule has 0 bridgehead atoms. The Morgan fingerprint density at radius 1 is 1.62 bits per heavy atom. The summed E-state index contributed by atoms with van der Waals surface area (Å²) >= 11 is 0. The molecule has 0 aromatic carbocycles. The van der Waals surface area contributed by atoms with E-state index in [2.05, 4.69) is 21.5 Å². The van der Waals surface area contributed by atoms with Crippen LogP contribution in [0.2, 0.25) is 0 Å². The summed E-state index contributed by atoms with van der Waals surface area (Å²) in [5.74, 6) is -0.440. The van der Waals surface area contributed by atoms with Crippen molar-refractivity contribution in [1.82, 2.24) is 19.5 Å². The number of nitrogens with two attached hydrogens (primary N) is 1. The molecule has 3 N–H and O–H groups in total. The van der Waals surface area contributed by atoms with Crippen molar-refractivity contribution in [3.05, 3.63) is 28.8 Å². The minimum atomic E-state index is -0.505. The zero-order valence-corrected chi connectivity index (χ0v) is 8.52. The normalized spacial score (nSPS) is 10.6. The van der Waals surface area contributed by atoms with Crippen LogP contribution in [0.3, 0.4) is 0 Å². The lowest BCUT2D eigenvalue weighted by atomic mass is 10.3. The third-order valence-corrected chi connectivity index (χ3v) is 2.02. The Bertz CT molecular complexity index is 651. The number of anilines is 1. The van der Waals surface area contributed by atoms with E-state index in [-0.39, 0.29) is 17.1 Å². The second-order valence-electron chi connectivity index (χ2n) is 3.32. The van der Waals surface area contributed by atoms with E-state index in [1.54, 1.807) is 6.92 Å². The Morgan fingerprint density at radius 2 is 2.31 bits per heavy atom. The number of rotatable bonds is 1. The number of nitrogens with zero attached hydrogens (tertiary/aromatic N) is 3. The number of nitrogen functional groups attached to an aromatic ring is 1. The zero-order valence-electron chi connectivity index (χ0n) is 8.52. The van der Waals surface area contributed by atoms with Crippen LogP contribution in [-0.4, -0.2) is 25.4 Å². The highest BCUT2D eigenvalue weighted by molar-refractivity contribution is 5.99. The Labute approximate surface area is 89.6 Å². The second-order valence-corrected chi connectivity index (χ2v) is 3.32. The summed E-state index contributed by atoms with van der Waals surface area (Å²) in [6.45, 7) is 5.06. The number of carbonyl (C=O) groups is 1. The Hall–Kier alpha value is -2.44. The molecule has 2 heterocycles. The Kier molecular flexibility index (Phi) is 2.08. The van der Waals surface area contributed by atoms with Crippen molar-refractivity contribution in [2.45, 2.75) is 6.92 Å². The molecule has 7 heteroatoms. The van der Waals surface area contributed by atoms with Gasteiger partial charge < -0.3 is 5.73 Å². The quantitative estimate of drug-likeness (QED) is 0.652. The molecule has 16 heavy (non-hydrogen) atoms. The van der Waals surface area contributed by atoms with Crippen LogP contribution in [0, 0.1) is 0 Å². The van der Waals surface area contributed by atoms with Crippen LogP contribution >= 0.6 is 0 Å². The maximum atomic E-state index is 11.7. The molecule has 0 amide bonds. The number of fused-ring (bicyclic) bond motifs is 1. The van der Waals surface area contributed by atoms with Crippen LogP contribution in [-0.2, 0) is 0 Å². The van der Waals surface area contributed by atoms with Gasteiger partial charge in [-0.3, -0.25) is 19.1 Å². The monoisotopic (exact) mass is 219 g/mol. The van der Waals surface area contributed by atoms with Gasteiger partial charge >= 0.3 is 0 Å². The lowest BCUT2D eigenvalue weighted by molar-refractivity contribution is 0.0960. The molecule has 0 spiro atoms. The van der Waals surface area contributed by atoms with Crippen LogP contribution in [0.1, 0.15) is 11.7 Å². The first-order valence-electron chi connectivity index (χ1n) is 4.43. The van der Waals surface area contributed by atoms with Gasteiger partial charge in [-0.1, -0.05) is 6.58 Å². The molecule has 82 valence electrons. The topological polar surface area (TPSA) is 107 Å². The molecule has 0 fully saturated rings. The van der Waals surface area contributed by atoms with Crippen molar-refractivity contribution >= 4 is 23.0 Å². The Balaban J connectivity index is 2.80. The zero-order chi connectivity index (χ0) is 11.9. The number of carbonyl (C=O) groups excluding carboxylic acids is 1. The molecule has 2 aromatic rings. The SMILES string of the molecule is C=C(C)C(=O)n1cnc2nc(N)[nH]c(=O)c21. The van der Waals surface area contributed by atoms with Gasteiger partial charge in [0.15, 0.2) is 11.2 Å². The number of nitrogens with one attached hydrogen (secondary N) is 1. The number of hydrogen-bond acceptors (Lipinski definition) is 5. The van der Waals surface area contributed by atoms with Crippen molar-refractivity contribution < 1.29 is 4.79 Å². The van der Waals surface area contributed by atoms with Gasteiger partial charge in [0.25, 0.3) is 11.5 Å². The van der Waals surface area contributed by atoms with Gasteiger partial charge in [0, 0.05) is 5.57 Å². The van der Waals surface area contributed by atoms with E-state index in [1.807, 2.05) is 0 Å². The molecule has 0 unspecified atom stereocenters. The van der Waals surface area contributed by atoms with E-state index in [9.17, 15) is 9.59 Å². The van der Waals surface area contributed by atoms with Crippen LogP contribution in [0.4, 0.5) is 5.95 Å². The maximum Gasteiger partial charge on any atom is 0.279 e. The van der Waals surface area contributed by atoms with Gasteiger partial charge in [0.1, 0.15) is 6.33 Å². The van der Waals surface area contributed by atoms with E-state index in [1.165, 1.54) is 6.33 Å². The van der Waals surface area contributed by atoms with Gasteiger partial charge in [-0.05, 0) is 6.92 Å². The van der Waals surface area contributed by atoms with E-state index >= 15 is 0 Å². The second kappa shape index (κ2) is 3.30.